The SMILES string of the molecule is Cc1ccc2nc(SCC(=O)NC[C@@H]3COCCO3)[nH]c2c1. The molecule has 118 valence electrons. The van der Waals surface area contributed by atoms with Crippen molar-refractivity contribution in [1.29, 1.82) is 0 Å². The summed E-state index contributed by atoms with van der Waals surface area (Å²) in [7, 11) is 0. The van der Waals surface area contributed by atoms with Gasteiger partial charge in [-0.15, -0.1) is 0 Å². The molecule has 1 aromatic heterocycles. The maximum atomic E-state index is 11.9. The number of nitrogens with zero attached hydrogens (tertiary/aromatic N) is 1. The Morgan fingerprint density at radius 3 is 3.23 bits per heavy atom. The van der Waals surface area contributed by atoms with Crippen molar-refractivity contribution in [3.63, 3.8) is 0 Å². The van der Waals surface area contributed by atoms with E-state index in [9.17, 15) is 4.79 Å². The second-order valence-electron chi connectivity index (χ2n) is 5.22. The second kappa shape index (κ2) is 7.13. The van der Waals surface area contributed by atoms with E-state index < -0.39 is 0 Å². The summed E-state index contributed by atoms with van der Waals surface area (Å²) in [5.74, 6) is 0.294. The predicted molar refractivity (Wildman–Crippen MR) is 85.1 cm³/mol. The Morgan fingerprint density at radius 1 is 1.50 bits per heavy atom. The normalized spacial score (nSPS) is 18.5. The number of imidazole rings is 1. The Labute approximate surface area is 133 Å². The van der Waals surface area contributed by atoms with E-state index in [1.807, 2.05) is 25.1 Å². The van der Waals surface area contributed by atoms with Gasteiger partial charge >= 0.3 is 0 Å². The maximum absolute atomic E-state index is 11.9. The number of carbonyl (C=O) groups is 1. The highest BCUT2D eigenvalue weighted by Crippen LogP contribution is 2.20. The molecule has 1 saturated heterocycles. The van der Waals surface area contributed by atoms with Crippen LogP contribution >= 0.6 is 11.8 Å². The maximum Gasteiger partial charge on any atom is 0.230 e. The number of nitrogens with one attached hydrogen (secondary N) is 2. The standard InChI is InChI=1S/C15H19N3O3S/c1-10-2-3-12-13(6-10)18-15(17-12)22-9-14(19)16-7-11-8-20-4-5-21-11/h2-3,6,11H,4-5,7-9H2,1H3,(H,16,19)(H,17,18)/t11-/m1/s1. The van der Waals surface area contributed by atoms with E-state index in [0.29, 0.717) is 32.1 Å². The van der Waals surface area contributed by atoms with Gasteiger partial charge in [0.15, 0.2) is 5.16 Å². The summed E-state index contributed by atoms with van der Waals surface area (Å²) in [5, 5.41) is 3.62. The van der Waals surface area contributed by atoms with Crippen molar-refractivity contribution in [3.8, 4) is 0 Å². The van der Waals surface area contributed by atoms with E-state index in [1.54, 1.807) is 0 Å². The van der Waals surface area contributed by atoms with Crippen LogP contribution in [0, 0.1) is 6.92 Å². The number of amides is 1. The number of hydrogen-bond donors (Lipinski definition) is 2. The van der Waals surface area contributed by atoms with E-state index >= 15 is 0 Å². The van der Waals surface area contributed by atoms with Crippen LogP contribution in [0.2, 0.25) is 0 Å². The fourth-order valence-electron chi connectivity index (χ4n) is 2.24. The Bertz CT molecular complexity index is 653. The number of hydrogen-bond acceptors (Lipinski definition) is 5. The van der Waals surface area contributed by atoms with Gasteiger partial charge in [-0.2, -0.15) is 0 Å². The molecule has 22 heavy (non-hydrogen) atoms. The third-order valence-corrected chi connectivity index (χ3v) is 4.24. The molecule has 3 rings (SSSR count). The van der Waals surface area contributed by atoms with Crippen LogP contribution in [0.25, 0.3) is 11.0 Å². The van der Waals surface area contributed by atoms with Gasteiger partial charge in [0, 0.05) is 6.54 Å². The van der Waals surface area contributed by atoms with E-state index in [-0.39, 0.29) is 12.0 Å². The smallest absolute Gasteiger partial charge is 0.230 e. The first-order valence-corrected chi connectivity index (χ1v) is 8.24. The molecule has 0 unspecified atom stereocenters. The quantitative estimate of drug-likeness (QED) is 0.816. The van der Waals surface area contributed by atoms with Crippen LogP contribution in [0.4, 0.5) is 0 Å². The molecule has 0 bridgehead atoms. The lowest BCUT2D eigenvalue weighted by Crippen LogP contribution is -2.40. The van der Waals surface area contributed by atoms with E-state index in [0.717, 1.165) is 16.2 Å². The molecule has 0 saturated carbocycles. The highest BCUT2D eigenvalue weighted by molar-refractivity contribution is 7.99. The Hall–Kier alpha value is -1.57. The molecule has 0 aliphatic carbocycles. The van der Waals surface area contributed by atoms with Crippen LogP contribution in [-0.2, 0) is 14.3 Å². The number of benzene rings is 1. The zero-order valence-corrected chi connectivity index (χ0v) is 13.2. The lowest BCUT2D eigenvalue weighted by Gasteiger charge is -2.22. The first kappa shape index (κ1) is 15.3. The first-order chi connectivity index (χ1) is 10.7. The van der Waals surface area contributed by atoms with Crippen LogP contribution in [0.5, 0.6) is 0 Å². The van der Waals surface area contributed by atoms with Crippen LogP contribution < -0.4 is 5.32 Å². The molecule has 1 fully saturated rings. The molecular weight excluding hydrogens is 302 g/mol. The lowest BCUT2D eigenvalue weighted by molar-refractivity contribution is -0.121. The Balaban J connectivity index is 1.47. The van der Waals surface area contributed by atoms with Gasteiger partial charge in [0.05, 0.1) is 42.7 Å². The van der Waals surface area contributed by atoms with Crippen molar-refractivity contribution < 1.29 is 14.3 Å². The number of fused-ring (bicyclic) bond motifs is 1. The molecule has 1 aromatic carbocycles. The molecule has 0 spiro atoms. The zero-order chi connectivity index (χ0) is 15.4. The largest absolute Gasteiger partial charge is 0.376 e. The van der Waals surface area contributed by atoms with E-state index in [2.05, 4.69) is 15.3 Å². The van der Waals surface area contributed by atoms with Gasteiger partial charge in [-0.3, -0.25) is 4.79 Å². The number of carbonyl (C=O) groups excluding carboxylic acids is 1. The monoisotopic (exact) mass is 321 g/mol. The second-order valence-corrected chi connectivity index (χ2v) is 6.19. The van der Waals surface area contributed by atoms with Crippen molar-refractivity contribution in [3.05, 3.63) is 23.8 Å². The van der Waals surface area contributed by atoms with Crippen molar-refractivity contribution in [2.45, 2.75) is 18.2 Å². The summed E-state index contributed by atoms with van der Waals surface area (Å²) < 4.78 is 10.8. The summed E-state index contributed by atoms with van der Waals surface area (Å²) in [6.45, 7) is 4.28. The average molecular weight is 321 g/mol. The minimum atomic E-state index is -0.0446. The fraction of sp³-hybridized carbons (Fsp3) is 0.467. The van der Waals surface area contributed by atoms with Crippen LogP contribution in [-0.4, -0.2) is 54.1 Å². The summed E-state index contributed by atoms with van der Waals surface area (Å²) in [4.78, 5) is 19.5. The van der Waals surface area contributed by atoms with Crippen molar-refractivity contribution in [2.75, 3.05) is 32.1 Å². The van der Waals surface area contributed by atoms with Gasteiger partial charge in [0.2, 0.25) is 5.91 Å². The lowest BCUT2D eigenvalue weighted by atomic mass is 10.2. The zero-order valence-electron chi connectivity index (χ0n) is 12.4. The number of aromatic amines is 1. The van der Waals surface area contributed by atoms with Gasteiger partial charge in [0.1, 0.15) is 0 Å². The molecule has 1 amide bonds. The third-order valence-electron chi connectivity index (χ3n) is 3.37. The third kappa shape index (κ3) is 4.00. The molecular formula is C15H19N3O3S. The minimum absolute atomic E-state index is 0.0317. The summed E-state index contributed by atoms with van der Waals surface area (Å²) in [5.41, 5.74) is 3.09. The first-order valence-electron chi connectivity index (χ1n) is 7.26. The molecule has 2 N–H and O–H groups in total. The van der Waals surface area contributed by atoms with Gasteiger partial charge in [0.25, 0.3) is 0 Å². The number of rotatable bonds is 5. The number of thioether (sulfide) groups is 1. The van der Waals surface area contributed by atoms with Gasteiger partial charge < -0.3 is 19.8 Å². The van der Waals surface area contributed by atoms with Crippen LogP contribution in [0.3, 0.4) is 0 Å². The molecule has 0 radical (unpaired) electrons. The molecule has 1 aliphatic heterocycles. The van der Waals surface area contributed by atoms with E-state index in [4.69, 9.17) is 9.47 Å². The Morgan fingerprint density at radius 2 is 2.41 bits per heavy atom. The molecule has 1 aliphatic rings. The molecule has 6 nitrogen and oxygen atoms in total. The fourth-order valence-corrected chi connectivity index (χ4v) is 2.95. The summed E-state index contributed by atoms with van der Waals surface area (Å²) in [6, 6.07) is 6.05. The van der Waals surface area contributed by atoms with Crippen molar-refractivity contribution in [2.24, 2.45) is 0 Å². The molecule has 1 atom stereocenters. The van der Waals surface area contributed by atoms with Gasteiger partial charge in [-0.25, -0.2) is 4.98 Å². The number of H-pyrrole nitrogens is 1. The minimum Gasteiger partial charge on any atom is -0.376 e. The van der Waals surface area contributed by atoms with Crippen molar-refractivity contribution >= 4 is 28.7 Å². The molecule has 7 heteroatoms. The van der Waals surface area contributed by atoms with Crippen LogP contribution in [0.15, 0.2) is 23.4 Å². The van der Waals surface area contributed by atoms with Gasteiger partial charge in [-0.1, -0.05) is 17.8 Å². The molecule has 2 heterocycles. The highest BCUT2D eigenvalue weighted by atomic mass is 32.2. The topological polar surface area (TPSA) is 76.2 Å². The van der Waals surface area contributed by atoms with Crippen molar-refractivity contribution in [1.82, 2.24) is 15.3 Å². The Kier molecular flexibility index (Phi) is 4.97. The summed E-state index contributed by atoms with van der Waals surface area (Å²) in [6.07, 6.45) is -0.0446. The highest BCUT2D eigenvalue weighted by Gasteiger charge is 2.15. The summed E-state index contributed by atoms with van der Waals surface area (Å²) >= 11 is 1.40. The average Bonchev–Trinajstić information content (AvgIpc) is 2.94. The number of aromatic nitrogens is 2. The van der Waals surface area contributed by atoms with Crippen LogP contribution in [0.1, 0.15) is 5.56 Å². The molecule has 2 aromatic rings. The number of aryl methyl sites for hydroxylation is 1. The predicted octanol–water partition coefficient (Wildman–Crippen LogP) is 1.50. The van der Waals surface area contributed by atoms with E-state index in [1.165, 1.54) is 17.3 Å². The number of ether oxygens (including phenoxy) is 2. The van der Waals surface area contributed by atoms with Gasteiger partial charge in [-0.05, 0) is 24.6 Å².